The van der Waals surface area contributed by atoms with Gasteiger partial charge in [-0.1, -0.05) is 24.3 Å². The number of carbonyl (C=O) groups excluding carboxylic acids is 2. The monoisotopic (exact) mass is 499 g/mol. The fourth-order valence-electron chi connectivity index (χ4n) is 3.64. The molecule has 0 bridgehead atoms. The van der Waals surface area contributed by atoms with Crippen LogP contribution in [0.2, 0.25) is 0 Å². The second kappa shape index (κ2) is 8.71. The summed E-state index contributed by atoms with van der Waals surface area (Å²) in [4.78, 5) is 25.3. The van der Waals surface area contributed by atoms with Crippen molar-refractivity contribution in [3.8, 4) is 0 Å². The number of nitrogen functional groups attached to an aromatic ring is 2. The van der Waals surface area contributed by atoms with E-state index in [9.17, 15) is 35.7 Å². The van der Waals surface area contributed by atoms with Gasteiger partial charge >= 0.3 is 35.7 Å². The molecule has 0 unspecified atom stereocenters. The zero-order chi connectivity index (χ0) is 24.3. The van der Waals surface area contributed by atoms with E-state index in [1.807, 2.05) is 0 Å². The number of hydrogen-bond donors (Lipinski definition) is 3. The summed E-state index contributed by atoms with van der Waals surface area (Å²) in [6.45, 7) is 0. The van der Waals surface area contributed by atoms with Crippen LogP contribution < -0.4 is 46.3 Å². The molecule has 3 aromatic rings. The van der Waals surface area contributed by atoms with Gasteiger partial charge in [0.25, 0.3) is 0 Å². The topological polar surface area (TPSA) is 155 Å². The van der Waals surface area contributed by atoms with Gasteiger partial charge in [-0.3, -0.25) is 9.59 Å². The molecule has 8 nitrogen and oxygen atoms in total. The Balaban J connectivity index is 0.00000324. The Morgan fingerprint density at radius 2 is 1.44 bits per heavy atom. The zero-order valence-electron chi connectivity index (χ0n) is 17.4. The second-order valence-corrected chi connectivity index (χ2v) is 8.56. The van der Waals surface area contributed by atoms with Crippen molar-refractivity contribution in [3.63, 3.8) is 0 Å². The van der Waals surface area contributed by atoms with Crippen LogP contribution >= 0.6 is 0 Å². The molecule has 13 heteroatoms. The van der Waals surface area contributed by atoms with Crippen molar-refractivity contribution in [3.05, 3.63) is 76.3 Å². The molecule has 0 aromatic heterocycles. The minimum absolute atomic E-state index is 0. The molecular formula is C21H13F3N3NaO5S. The zero-order valence-corrected chi connectivity index (χ0v) is 20.2. The third-order valence-electron chi connectivity index (χ3n) is 5.03. The van der Waals surface area contributed by atoms with Crippen molar-refractivity contribution in [2.75, 3.05) is 16.8 Å². The first kappa shape index (κ1) is 25.7. The molecular weight excluding hydrogens is 486 g/mol. The molecule has 170 valence electrons. The molecule has 0 saturated carbocycles. The molecule has 0 fully saturated rings. The van der Waals surface area contributed by atoms with Gasteiger partial charge in [-0.05, 0) is 24.3 Å². The summed E-state index contributed by atoms with van der Waals surface area (Å²) in [7, 11) is -5.22. The van der Waals surface area contributed by atoms with Crippen LogP contribution in [0, 0.1) is 0 Å². The van der Waals surface area contributed by atoms with Crippen LogP contribution in [0.5, 0.6) is 0 Å². The molecule has 0 atom stereocenters. The van der Waals surface area contributed by atoms with Crippen LogP contribution in [-0.2, 0) is 16.3 Å². The molecule has 5 N–H and O–H groups in total. The summed E-state index contributed by atoms with van der Waals surface area (Å²) in [5, 5.41) is 2.49. The Morgan fingerprint density at radius 3 is 1.97 bits per heavy atom. The van der Waals surface area contributed by atoms with Gasteiger partial charge in [-0.15, -0.1) is 0 Å². The average Bonchev–Trinajstić information content (AvgIpc) is 2.71. The molecule has 0 amide bonds. The molecule has 0 aliphatic heterocycles. The number of carbonyl (C=O) groups is 2. The van der Waals surface area contributed by atoms with Crippen LogP contribution in [0.1, 0.15) is 37.4 Å². The van der Waals surface area contributed by atoms with E-state index in [1.165, 1.54) is 24.3 Å². The van der Waals surface area contributed by atoms with E-state index in [-0.39, 0.29) is 63.3 Å². The molecule has 0 spiro atoms. The molecule has 1 aliphatic rings. The fourth-order valence-corrected chi connectivity index (χ4v) is 4.28. The van der Waals surface area contributed by atoms with E-state index in [2.05, 4.69) is 5.32 Å². The minimum atomic E-state index is -5.22. The van der Waals surface area contributed by atoms with Gasteiger partial charge in [-0.25, -0.2) is 8.42 Å². The van der Waals surface area contributed by atoms with E-state index >= 15 is 0 Å². The number of hydrogen-bond acceptors (Lipinski definition) is 8. The van der Waals surface area contributed by atoms with Gasteiger partial charge in [0.15, 0.2) is 11.6 Å². The molecule has 0 radical (unpaired) electrons. The first-order valence-electron chi connectivity index (χ1n) is 9.14. The molecule has 0 saturated heterocycles. The van der Waals surface area contributed by atoms with E-state index in [0.717, 1.165) is 6.07 Å². The van der Waals surface area contributed by atoms with Crippen molar-refractivity contribution < 1.29 is 65.3 Å². The van der Waals surface area contributed by atoms with Crippen LogP contribution in [0.4, 0.5) is 35.9 Å². The Bertz CT molecular complexity index is 1470. The van der Waals surface area contributed by atoms with Crippen LogP contribution in [-0.4, -0.2) is 24.5 Å². The Labute approximate surface area is 213 Å². The van der Waals surface area contributed by atoms with Gasteiger partial charge in [-0.2, -0.15) is 13.2 Å². The second-order valence-electron chi connectivity index (χ2n) is 7.21. The molecule has 34 heavy (non-hydrogen) atoms. The predicted octanol–water partition coefficient (Wildman–Crippen LogP) is 0.297. The van der Waals surface area contributed by atoms with Crippen molar-refractivity contribution >= 4 is 44.4 Å². The molecule has 4 rings (SSSR count). The summed E-state index contributed by atoms with van der Waals surface area (Å²) >= 11 is 0. The largest absolute Gasteiger partial charge is 1.00 e. The maximum atomic E-state index is 13.2. The van der Waals surface area contributed by atoms with Gasteiger partial charge in [0, 0.05) is 22.5 Å². The number of benzene rings is 3. The number of ketones is 2. The number of halogens is 3. The molecule has 1 aliphatic carbocycles. The Kier molecular flexibility index (Phi) is 6.59. The fraction of sp³-hybridized carbons (Fsp3) is 0.0476. The SMILES string of the molecule is Nc1cc(Nc2cc(S(=O)(=O)[O-])c(N)c3c2C(=O)c2ccccc2C3=O)cc(C(F)(F)F)c1.[Na+]. The number of alkyl halides is 3. The Hall–Kier alpha value is -2.90. The first-order valence-corrected chi connectivity index (χ1v) is 10.6. The van der Waals surface area contributed by atoms with E-state index in [0.29, 0.717) is 18.2 Å². The Morgan fingerprint density at radius 1 is 0.882 bits per heavy atom. The normalized spacial score (nSPS) is 13.1. The number of anilines is 4. The van der Waals surface area contributed by atoms with Crippen molar-refractivity contribution in [1.29, 1.82) is 0 Å². The smallest absolute Gasteiger partial charge is 0.744 e. The van der Waals surface area contributed by atoms with E-state index in [4.69, 9.17) is 11.5 Å². The minimum Gasteiger partial charge on any atom is -0.744 e. The summed E-state index contributed by atoms with van der Waals surface area (Å²) in [6, 6.07) is 8.84. The van der Waals surface area contributed by atoms with Gasteiger partial charge in [0.05, 0.1) is 33.0 Å². The number of fused-ring (bicyclic) bond motifs is 2. The molecule has 0 heterocycles. The van der Waals surface area contributed by atoms with Crippen LogP contribution in [0.15, 0.2) is 53.4 Å². The summed E-state index contributed by atoms with van der Waals surface area (Å²) in [5.41, 5.74) is 7.64. The molecule has 3 aromatic carbocycles. The summed E-state index contributed by atoms with van der Waals surface area (Å²) in [5.74, 6) is -1.54. The third kappa shape index (κ3) is 4.42. The summed E-state index contributed by atoms with van der Waals surface area (Å²) < 4.78 is 74.9. The van der Waals surface area contributed by atoms with Crippen molar-refractivity contribution in [2.24, 2.45) is 0 Å². The third-order valence-corrected chi connectivity index (χ3v) is 5.91. The van der Waals surface area contributed by atoms with Crippen LogP contribution in [0.3, 0.4) is 0 Å². The maximum Gasteiger partial charge on any atom is 1.00 e. The first-order chi connectivity index (χ1) is 15.3. The van der Waals surface area contributed by atoms with Crippen molar-refractivity contribution in [2.45, 2.75) is 11.1 Å². The van der Waals surface area contributed by atoms with E-state index < -0.39 is 49.6 Å². The van der Waals surface area contributed by atoms with Gasteiger partial charge in [0.1, 0.15) is 10.1 Å². The standard InChI is InChI=1S/C21H14F3N3O5S.Na/c22-21(23,24)9-5-10(25)7-11(6-9)27-14-8-15(33(30,31)32)18(26)17-16(14)19(28)12-3-1-2-4-13(12)20(17)29;/h1-8,27H,25-26H2,(H,30,31,32);/q;+1/p-1. The maximum absolute atomic E-state index is 13.2. The number of nitrogens with two attached hydrogens (primary N) is 2. The van der Waals surface area contributed by atoms with Crippen LogP contribution in [0.25, 0.3) is 0 Å². The quantitative estimate of drug-likeness (QED) is 0.207. The van der Waals surface area contributed by atoms with Crippen molar-refractivity contribution in [1.82, 2.24) is 0 Å². The van der Waals surface area contributed by atoms with E-state index in [1.54, 1.807) is 0 Å². The average molecular weight is 499 g/mol. The number of rotatable bonds is 3. The predicted molar refractivity (Wildman–Crippen MR) is 111 cm³/mol. The summed E-state index contributed by atoms with van der Waals surface area (Å²) in [6.07, 6.45) is -4.75. The van der Waals surface area contributed by atoms with Gasteiger partial charge < -0.3 is 21.3 Å². The number of nitrogens with one attached hydrogen (secondary N) is 1. The van der Waals surface area contributed by atoms with Gasteiger partial charge in [0.2, 0.25) is 0 Å².